The van der Waals surface area contributed by atoms with Gasteiger partial charge in [0, 0.05) is 13.2 Å². The molecule has 3 nitrogen and oxygen atoms in total. The second kappa shape index (κ2) is 2.98. The maximum Gasteiger partial charge on any atom is 0.353 e. The molecule has 1 N–H and O–H groups in total. The summed E-state index contributed by atoms with van der Waals surface area (Å²) in [6.45, 7) is 0. The number of carbonyl (C=O) groups is 1. The number of aryl methyl sites for hydroxylation is 1. The number of rotatable bonds is 1. The van der Waals surface area contributed by atoms with Crippen molar-refractivity contribution >= 4 is 37.8 Å². The van der Waals surface area contributed by atoms with Gasteiger partial charge in [0.05, 0.1) is 8.95 Å². The van der Waals surface area contributed by atoms with Crippen molar-refractivity contribution in [3.63, 3.8) is 0 Å². The van der Waals surface area contributed by atoms with Gasteiger partial charge in [0.25, 0.3) is 0 Å². The van der Waals surface area contributed by atoms with E-state index in [4.69, 9.17) is 5.11 Å². The fourth-order valence-electron chi connectivity index (χ4n) is 0.804. The summed E-state index contributed by atoms with van der Waals surface area (Å²) in [7, 11) is 1.68. The lowest BCUT2D eigenvalue weighted by Crippen LogP contribution is -2.03. The van der Waals surface area contributed by atoms with Gasteiger partial charge in [0.15, 0.2) is 0 Å². The maximum absolute atomic E-state index is 10.6. The van der Waals surface area contributed by atoms with Crippen LogP contribution in [0.4, 0.5) is 0 Å². The smallest absolute Gasteiger partial charge is 0.353 e. The Kier molecular flexibility index (Phi) is 2.39. The molecule has 0 saturated heterocycles. The Bertz CT molecular complexity index is 306. The van der Waals surface area contributed by atoms with Crippen molar-refractivity contribution in [2.45, 2.75) is 0 Å². The van der Waals surface area contributed by atoms with E-state index in [-0.39, 0.29) is 5.69 Å². The van der Waals surface area contributed by atoms with Crippen molar-refractivity contribution in [3.05, 3.63) is 20.8 Å². The molecule has 1 rings (SSSR count). The first-order valence-electron chi connectivity index (χ1n) is 2.77. The summed E-state index contributed by atoms with van der Waals surface area (Å²) in [6.07, 6.45) is 1.69. The minimum absolute atomic E-state index is 0.247. The second-order valence-electron chi connectivity index (χ2n) is 2.06. The van der Waals surface area contributed by atoms with Crippen molar-refractivity contribution < 1.29 is 9.90 Å². The van der Waals surface area contributed by atoms with Crippen LogP contribution in [0.3, 0.4) is 0 Å². The van der Waals surface area contributed by atoms with E-state index in [1.54, 1.807) is 13.2 Å². The Morgan fingerprint density at radius 2 is 2.18 bits per heavy atom. The highest BCUT2D eigenvalue weighted by Crippen LogP contribution is 2.27. The van der Waals surface area contributed by atoms with E-state index in [0.29, 0.717) is 4.47 Å². The normalized spacial score (nSPS) is 10.1. The van der Waals surface area contributed by atoms with E-state index in [1.165, 1.54) is 4.57 Å². The van der Waals surface area contributed by atoms with Gasteiger partial charge in [-0.1, -0.05) is 0 Å². The largest absolute Gasteiger partial charge is 0.477 e. The number of aromatic nitrogens is 1. The molecule has 0 saturated carbocycles. The zero-order chi connectivity index (χ0) is 8.59. The molecule has 0 radical (unpaired) electrons. The van der Waals surface area contributed by atoms with Crippen LogP contribution in [-0.2, 0) is 7.05 Å². The van der Waals surface area contributed by atoms with E-state index in [1.807, 2.05) is 0 Å². The van der Waals surface area contributed by atoms with Crippen LogP contribution in [0.25, 0.3) is 0 Å². The fraction of sp³-hybridized carbons (Fsp3) is 0.167. The molecule has 60 valence electrons. The third-order valence-electron chi connectivity index (χ3n) is 1.28. The lowest BCUT2D eigenvalue weighted by Gasteiger charge is -1.95. The van der Waals surface area contributed by atoms with Gasteiger partial charge in [-0.25, -0.2) is 4.79 Å². The zero-order valence-electron chi connectivity index (χ0n) is 5.64. The minimum atomic E-state index is -0.940. The van der Waals surface area contributed by atoms with Crippen LogP contribution in [0, 0.1) is 0 Å². The number of aromatic carboxylic acids is 1. The van der Waals surface area contributed by atoms with Crippen molar-refractivity contribution in [3.8, 4) is 0 Å². The maximum atomic E-state index is 10.6. The predicted molar refractivity (Wildman–Crippen MR) is 47.8 cm³/mol. The van der Waals surface area contributed by atoms with Gasteiger partial charge in [-0.2, -0.15) is 0 Å². The van der Waals surface area contributed by atoms with E-state index >= 15 is 0 Å². The Labute approximate surface area is 80.3 Å². The highest BCUT2D eigenvalue weighted by molar-refractivity contribution is 9.13. The number of halogens is 2. The van der Waals surface area contributed by atoms with E-state index in [2.05, 4.69) is 31.9 Å². The second-order valence-corrected chi connectivity index (χ2v) is 3.70. The number of carboxylic acids is 1. The van der Waals surface area contributed by atoms with Crippen LogP contribution in [0.2, 0.25) is 0 Å². The molecular formula is C6H5Br2NO2. The van der Waals surface area contributed by atoms with Gasteiger partial charge < -0.3 is 9.67 Å². The molecule has 0 fully saturated rings. The van der Waals surface area contributed by atoms with Crippen LogP contribution in [-0.4, -0.2) is 15.6 Å². The molecule has 1 aromatic rings. The van der Waals surface area contributed by atoms with Crippen LogP contribution >= 0.6 is 31.9 Å². The average Bonchev–Trinajstić information content (AvgIpc) is 2.07. The van der Waals surface area contributed by atoms with E-state index in [9.17, 15) is 4.79 Å². The molecule has 1 aromatic heterocycles. The Balaban J connectivity index is 3.34. The zero-order valence-corrected chi connectivity index (χ0v) is 8.81. The SMILES string of the molecule is Cn1cc(Br)c(Br)c1C(=O)O. The Morgan fingerprint density at radius 1 is 1.64 bits per heavy atom. The third kappa shape index (κ3) is 1.49. The highest BCUT2D eigenvalue weighted by Gasteiger charge is 2.15. The molecule has 0 aromatic carbocycles. The number of hydrogen-bond acceptors (Lipinski definition) is 1. The highest BCUT2D eigenvalue weighted by atomic mass is 79.9. The molecule has 0 bridgehead atoms. The van der Waals surface area contributed by atoms with Crippen molar-refractivity contribution in [2.75, 3.05) is 0 Å². The monoisotopic (exact) mass is 281 g/mol. The average molecular weight is 283 g/mol. The lowest BCUT2D eigenvalue weighted by atomic mass is 10.4. The molecule has 0 aliphatic heterocycles. The van der Waals surface area contributed by atoms with Gasteiger partial charge in [-0.05, 0) is 31.9 Å². The summed E-state index contributed by atoms with van der Waals surface area (Å²) in [4.78, 5) is 10.6. The van der Waals surface area contributed by atoms with Gasteiger partial charge in [0.2, 0.25) is 0 Å². The van der Waals surface area contributed by atoms with Crippen molar-refractivity contribution in [2.24, 2.45) is 7.05 Å². The molecule has 0 spiro atoms. The van der Waals surface area contributed by atoms with E-state index < -0.39 is 5.97 Å². The summed E-state index contributed by atoms with van der Waals surface area (Å²) in [5.74, 6) is -0.940. The molecule has 5 heteroatoms. The Hall–Kier alpha value is -0.290. The summed E-state index contributed by atoms with van der Waals surface area (Å²) >= 11 is 6.36. The first kappa shape index (κ1) is 8.80. The molecular weight excluding hydrogens is 278 g/mol. The summed E-state index contributed by atoms with van der Waals surface area (Å²) in [6, 6.07) is 0. The quantitative estimate of drug-likeness (QED) is 0.858. The number of carboxylic acid groups (broad SMARTS) is 1. The van der Waals surface area contributed by atoms with Crippen LogP contribution in [0.15, 0.2) is 15.1 Å². The van der Waals surface area contributed by atoms with Gasteiger partial charge in [0.1, 0.15) is 5.69 Å². The Morgan fingerprint density at radius 3 is 2.36 bits per heavy atom. The van der Waals surface area contributed by atoms with Crippen molar-refractivity contribution in [1.82, 2.24) is 4.57 Å². The molecule has 11 heavy (non-hydrogen) atoms. The minimum Gasteiger partial charge on any atom is -0.477 e. The summed E-state index contributed by atoms with van der Waals surface area (Å²) in [5.41, 5.74) is 0.247. The number of hydrogen-bond donors (Lipinski definition) is 1. The summed E-state index contributed by atoms with van der Waals surface area (Å²) in [5, 5.41) is 8.69. The standard InChI is InChI=1S/C6H5Br2NO2/c1-9-2-3(7)4(8)5(9)6(10)11/h2H,1H3,(H,10,11). The van der Waals surface area contributed by atoms with Gasteiger partial charge in [-0.15, -0.1) is 0 Å². The van der Waals surface area contributed by atoms with Crippen LogP contribution in [0.1, 0.15) is 10.5 Å². The van der Waals surface area contributed by atoms with Crippen LogP contribution in [0.5, 0.6) is 0 Å². The molecule has 0 aliphatic rings. The topological polar surface area (TPSA) is 42.2 Å². The first-order chi connectivity index (χ1) is 5.04. The fourth-order valence-corrected chi connectivity index (χ4v) is 1.85. The molecule has 0 aliphatic carbocycles. The summed E-state index contributed by atoms with van der Waals surface area (Å²) < 4.78 is 2.86. The van der Waals surface area contributed by atoms with Gasteiger partial charge >= 0.3 is 5.97 Å². The molecule has 0 amide bonds. The number of nitrogens with zero attached hydrogens (tertiary/aromatic N) is 1. The molecule has 0 atom stereocenters. The first-order valence-corrected chi connectivity index (χ1v) is 4.36. The van der Waals surface area contributed by atoms with Crippen molar-refractivity contribution in [1.29, 1.82) is 0 Å². The lowest BCUT2D eigenvalue weighted by molar-refractivity contribution is 0.0685. The van der Waals surface area contributed by atoms with E-state index in [0.717, 1.165) is 4.47 Å². The van der Waals surface area contributed by atoms with Crippen LogP contribution < -0.4 is 0 Å². The van der Waals surface area contributed by atoms with Gasteiger partial charge in [-0.3, -0.25) is 0 Å². The third-order valence-corrected chi connectivity index (χ3v) is 3.22. The predicted octanol–water partition coefficient (Wildman–Crippen LogP) is 2.25. The molecule has 0 unspecified atom stereocenters. The molecule has 1 heterocycles.